The number of hydrogen-bond acceptors (Lipinski definition) is 5. The number of ether oxygens (including phenoxy) is 2. The lowest BCUT2D eigenvalue weighted by Crippen LogP contribution is -2.37. The fraction of sp³-hybridized carbons (Fsp3) is 0.667. The van der Waals surface area contributed by atoms with Gasteiger partial charge in [0.1, 0.15) is 5.60 Å². The maximum atomic E-state index is 11.8. The number of hydrogen-bond donors (Lipinski definition) is 2. The molecule has 2 N–H and O–H groups in total. The smallest absolute Gasteiger partial charge is 0.410 e. The van der Waals surface area contributed by atoms with Gasteiger partial charge in [0.2, 0.25) is 5.90 Å². The predicted octanol–water partition coefficient (Wildman–Crippen LogP) is 2.30. The molecule has 0 fully saturated rings. The first kappa shape index (κ1) is 17.8. The lowest BCUT2D eigenvalue weighted by atomic mass is 10.2. The maximum absolute atomic E-state index is 11.8. The van der Waals surface area contributed by atoms with Gasteiger partial charge >= 0.3 is 6.09 Å². The Labute approximate surface area is 122 Å². The predicted molar refractivity (Wildman–Crippen MR) is 78.6 cm³/mol. The summed E-state index contributed by atoms with van der Waals surface area (Å²) in [6.07, 6.45) is -0.426. The third-order valence-corrected chi connectivity index (χ3v) is 2.91. The summed E-state index contributed by atoms with van der Waals surface area (Å²) in [5.41, 5.74) is 0.117. The van der Waals surface area contributed by atoms with Crippen LogP contribution in [0.4, 0.5) is 4.79 Å². The van der Waals surface area contributed by atoms with Gasteiger partial charge in [-0.1, -0.05) is 0 Å². The van der Waals surface area contributed by atoms with Crippen molar-refractivity contribution in [2.45, 2.75) is 26.4 Å². The van der Waals surface area contributed by atoms with Crippen molar-refractivity contribution in [1.82, 2.24) is 10.2 Å². The van der Waals surface area contributed by atoms with Crippen molar-refractivity contribution < 1.29 is 14.3 Å². The molecule has 0 saturated carbocycles. The molecule has 0 aliphatic rings. The number of methoxy groups -OCH3 is 1. The second kappa shape index (κ2) is 7.37. The Morgan fingerprint density at radius 2 is 1.95 bits per heavy atom. The molecular formula is C12H22BrN3O3. The third-order valence-electron chi connectivity index (χ3n) is 2.07. The van der Waals surface area contributed by atoms with Crippen LogP contribution in [0.1, 0.15) is 20.8 Å². The SMILES string of the molecule is CN/C(CN(C)C(=O)OC(C)(C)C)=C(/Br)C(=N)OC. The van der Waals surface area contributed by atoms with Gasteiger partial charge in [-0.25, -0.2) is 4.79 Å². The topological polar surface area (TPSA) is 74.7 Å². The first-order valence-corrected chi connectivity index (χ1v) is 6.55. The van der Waals surface area contributed by atoms with Crippen LogP contribution in [0, 0.1) is 5.41 Å². The van der Waals surface area contributed by atoms with E-state index in [0.717, 1.165) is 0 Å². The summed E-state index contributed by atoms with van der Waals surface area (Å²) < 4.78 is 10.5. The number of rotatable bonds is 4. The van der Waals surface area contributed by atoms with E-state index in [1.54, 1.807) is 14.1 Å². The Kier molecular flexibility index (Phi) is 6.89. The summed E-state index contributed by atoms with van der Waals surface area (Å²) in [5, 5.41) is 10.5. The van der Waals surface area contributed by atoms with Crippen molar-refractivity contribution in [2.75, 3.05) is 27.7 Å². The molecule has 0 rings (SSSR count). The van der Waals surface area contributed by atoms with Crippen molar-refractivity contribution in [3.8, 4) is 0 Å². The molecule has 0 heterocycles. The molecule has 0 atom stereocenters. The summed E-state index contributed by atoms with van der Waals surface area (Å²) in [4.78, 5) is 13.2. The van der Waals surface area contributed by atoms with E-state index in [1.165, 1.54) is 12.0 Å². The first-order valence-electron chi connectivity index (χ1n) is 5.75. The molecule has 0 unspecified atom stereocenters. The van der Waals surface area contributed by atoms with Crippen LogP contribution < -0.4 is 5.32 Å². The summed E-state index contributed by atoms with van der Waals surface area (Å²) in [6.45, 7) is 5.70. The molecule has 19 heavy (non-hydrogen) atoms. The minimum atomic E-state index is -0.536. The first-order chi connectivity index (χ1) is 8.62. The standard InChI is InChI=1S/C12H22BrN3O3/c1-12(2,3)19-11(17)16(5)7-8(15-4)9(13)10(14)18-6/h14-15H,7H2,1-6H3/b9-8+,14-10?. The van der Waals surface area contributed by atoms with Gasteiger partial charge in [0.15, 0.2) is 0 Å². The van der Waals surface area contributed by atoms with Gasteiger partial charge in [0.05, 0.1) is 23.8 Å². The number of amides is 1. The number of carbonyl (C=O) groups is 1. The van der Waals surface area contributed by atoms with Crippen molar-refractivity contribution >= 4 is 27.9 Å². The van der Waals surface area contributed by atoms with Crippen LogP contribution in [0.2, 0.25) is 0 Å². The molecule has 110 valence electrons. The molecule has 0 aromatic heterocycles. The van der Waals surface area contributed by atoms with Gasteiger partial charge in [-0.2, -0.15) is 0 Å². The summed E-state index contributed by atoms with van der Waals surface area (Å²) in [6, 6.07) is 0. The number of nitrogens with zero attached hydrogens (tertiary/aromatic N) is 1. The van der Waals surface area contributed by atoms with Gasteiger partial charge in [-0.15, -0.1) is 0 Å². The fourth-order valence-corrected chi connectivity index (χ4v) is 1.61. The second-order valence-electron chi connectivity index (χ2n) is 4.91. The average molecular weight is 336 g/mol. The van der Waals surface area contributed by atoms with Crippen LogP contribution in [0.3, 0.4) is 0 Å². The van der Waals surface area contributed by atoms with Crippen molar-refractivity contribution in [3.05, 3.63) is 10.2 Å². The Bertz CT molecular complexity index is 375. The zero-order valence-corrected chi connectivity index (χ0v) is 13.8. The van der Waals surface area contributed by atoms with E-state index < -0.39 is 11.7 Å². The highest BCUT2D eigenvalue weighted by atomic mass is 79.9. The summed E-state index contributed by atoms with van der Waals surface area (Å²) >= 11 is 3.26. The second-order valence-corrected chi connectivity index (χ2v) is 5.71. The molecule has 0 aromatic carbocycles. The van der Waals surface area contributed by atoms with Crippen molar-refractivity contribution in [3.63, 3.8) is 0 Å². The molecule has 0 bridgehead atoms. The van der Waals surface area contributed by atoms with E-state index in [1.807, 2.05) is 20.8 Å². The largest absolute Gasteiger partial charge is 0.481 e. The number of halogens is 1. The van der Waals surface area contributed by atoms with Gasteiger partial charge in [-0.05, 0) is 36.7 Å². The van der Waals surface area contributed by atoms with Crippen LogP contribution in [-0.2, 0) is 9.47 Å². The fourth-order valence-electron chi connectivity index (χ4n) is 1.13. The van der Waals surface area contributed by atoms with E-state index in [-0.39, 0.29) is 12.4 Å². The van der Waals surface area contributed by atoms with Crippen molar-refractivity contribution in [1.29, 1.82) is 5.41 Å². The van der Waals surface area contributed by atoms with Crippen LogP contribution in [0.5, 0.6) is 0 Å². The minimum absolute atomic E-state index is 0.0121. The highest BCUT2D eigenvalue weighted by Gasteiger charge is 2.21. The van der Waals surface area contributed by atoms with Crippen LogP contribution >= 0.6 is 15.9 Å². The van der Waals surface area contributed by atoms with Gasteiger partial charge in [-0.3, -0.25) is 5.41 Å². The maximum Gasteiger partial charge on any atom is 0.410 e. The Hall–Kier alpha value is -1.24. The molecule has 7 heteroatoms. The normalized spacial score (nSPS) is 12.4. The zero-order chi connectivity index (χ0) is 15.2. The lowest BCUT2D eigenvalue weighted by molar-refractivity contribution is 0.0311. The van der Waals surface area contributed by atoms with E-state index in [0.29, 0.717) is 10.2 Å². The third kappa shape index (κ3) is 6.47. The van der Waals surface area contributed by atoms with E-state index in [4.69, 9.17) is 14.9 Å². The molecule has 0 radical (unpaired) electrons. The molecule has 0 aromatic rings. The molecule has 6 nitrogen and oxygen atoms in total. The molecule has 0 aliphatic heterocycles. The monoisotopic (exact) mass is 335 g/mol. The van der Waals surface area contributed by atoms with Gasteiger partial charge in [0, 0.05) is 14.1 Å². The molecule has 1 amide bonds. The summed E-state index contributed by atoms with van der Waals surface area (Å²) in [5.74, 6) is -0.0121. The average Bonchev–Trinajstić information content (AvgIpc) is 2.31. The van der Waals surface area contributed by atoms with E-state index in [9.17, 15) is 4.79 Å². The lowest BCUT2D eigenvalue weighted by Gasteiger charge is -2.25. The summed E-state index contributed by atoms with van der Waals surface area (Å²) in [7, 11) is 4.75. The molecule has 0 saturated heterocycles. The minimum Gasteiger partial charge on any atom is -0.481 e. The van der Waals surface area contributed by atoms with Crippen LogP contribution in [-0.4, -0.2) is 50.2 Å². The van der Waals surface area contributed by atoms with Gasteiger partial charge < -0.3 is 19.7 Å². The Morgan fingerprint density at radius 3 is 2.32 bits per heavy atom. The van der Waals surface area contributed by atoms with E-state index >= 15 is 0 Å². The van der Waals surface area contributed by atoms with Crippen molar-refractivity contribution in [2.24, 2.45) is 0 Å². The number of nitrogens with one attached hydrogen (secondary N) is 2. The quantitative estimate of drug-likeness (QED) is 0.610. The van der Waals surface area contributed by atoms with Crippen LogP contribution in [0.15, 0.2) is 10.2 Å². The highest BCUT2D eigenvalue weighted by Crippen LogP contribution is 2.14. The number of carbonyl (C=O) groups excluding carboxylic acids is 1. The van der Waals surface area contributed by atoms with Crippen LogP contribution in [0.25, 0.3) is 0 Å². The highest BCUT2D eigenvalue weighted by molar-refractivity contribution is 9.12. The zero-order valence-electron chi connectivity index (χ0n) is 12.3. The Morgan fingerprint density at radius 1 is 1.42 bits per heavy atom. The van der Waals surface area contributed by atoms with Gasteiger partial charge in [0.25, 0.3) is 0 Å². The Balaban J connectivity index is 4.81. The number of likely N-dealkylation sites (N-methyl/N-ethyl adjacent to an activating group) is 2. The molecule has 0 spiro atoms. The molecular weight excluding hydrogens is 314 g/mol. The van der Waals surface area contributed by atoms with E-state index in [2.05, 4.69) is 21.2 Å². The molecule has 0 aliphatic carbocycles.